The predicted molar refractivity (Wildman–Crippen MR) is 95.5 cm³/mol. The summed E-state index contributed by atoms with van der Waals surface area (Å²) in [6, 6.07) is 10.8. The molecule has 0 fully saturated rings. The zero-order valence-electron chi connectivity index (χ0n) is 13.0. The van der Waals surface area contributed by atoms with Gasteiger partial charge >= 0.3 is 5.97 Å². The summed E-state index contributed by atoms with van der Waals surface area (Å²) in [7, 11) is 1.35. The van der Waals surface area contributed by atoms with E-state index in [1.807, 2.05) is 36.7 Å². The molecule has 24 heavy (non-hydrogen) atoms. The Morgan fingerprint density at radius 1 is 1.33 bits per heavy atom. The zero-order chi connectivity index (χ0) is 17.4. The number of carbonyl (C=O) groups is 1. The van der Waals surface area contributed by atoms with Crippen molar-refractivity contribution < 1.29 is 9.53 Å². The molecule has 0 radical (unpaired) electrons. The molecule has 0 amide bonds. The van der Waals surface area contributed by atoms with Crippen molar-refractivity contribution in [3.63, 3.8) is 0 Å². The molecule has 1 heterocycles. The van der Waals surface area contributed by atoms with E-state index in [1.54, 1.807) is 18.3 Å². The van der Waals surface area contributed by atoms with Crippen LogP contribution in [-0.4, -0.2) is 29.5 Å². The molecule has 0 saturated heterocycles. The van der Waals surface area contributed by atoms with Gasteiger partial charge in [0.2, 0.25) is 0 Å². The second-order valence-electron chi connectivity index (χ2n) is 4.33. The van der Waals surface area contributed by atoms with E-state index >= 15 is 0 Å². The highest BCUT2D eigenvalue weighted by atomic mass is 32.2. The quantitative estimate of drug-likeness (QED) is 0.294. The minimum atomic E-state index is -0.390. The van der Waals surface area contributed by atoms with E-state index in [0.717, 1.165) is 10.6 Å². The second kappa shape index (κ2) is 8.96. The molecule has 0 aliphatic carbocycles. The Morgan fingerprint density at radius 3 is 2.71 bits per heavy atom. The van der Waals surface area contributed by atoms with Crippen LogP contribution in [-0.2, 0) is 4.74 Å². The minimum Gasteiger partial charge on any atom is -0.465 e. The number of nitrogens with zero attached hydrogens (tertiary/aromatic N) is 3. The van der Waals surface area contributed by atoms with E-state index in [1.165, 1.54) is 30.6 Å². The fraction of sp³-hybridized carbons (Fsp3) is 0.125. The highest BCUT2D eigenvalue weighted by Crippen LogP contribution is 2.28. The lowest BCUT2D eigenvalue weighted by atomic mass is 10.3. The molecule has 0 unspecified atom stereocenters. The highest BCUT2D eigenvalue weighted by Gasteiger charge is 2.07. The van der Waals surface area contributed by atoms with Crippen LogP contribution >= 0.6 is 23.5 Å². The molecule has 1 aromatic heterocycles. The normalized spacial score (nSPS) is 10.8. The molecule has 0 bridgehead atoms. The first kappa shape index (κ1) is 17.8. The number of aromatic nitrogens is 1. The second-order valence-corrected chi connectivity index (χ2v) is 6.22. The zero-order valence-corrected chi connectivity index (χ0v) is 14.6. The van der Waals surface area contributed by atoms with Gasteiger partial charge in [-0.2, -0.15) is 5.26 Å². The van der Waals surface area contributed by atoms with Crippen molar-refractivity contribution in [2.24, 2.45) is 4.99 Å². The van der Waals surface area contributed by atoms with Crippen LogP contribution in [0, 0.1) is 11.5 Å². The molecule has 6 nitrogen and oxygen atoms in total. The van der Waals surface area contributed by atoms with Crippen LogP contribution in [0.5, 0.6) is 0 Å². The monoisotopic (exact) mass is 358 g/mol. The number of pyridine rings is 1. The van der Waals surface area contributed by atoms with Crippen molar-refractivity contribution in [1.82, 2.24) is 10.3 Å². The van der Waals surface area contributed by atoms with Gasteiger partial charge in [0.1, 0.15) is 5.03 Å². The number of thioether (sulfide) groups is 1. The van der Waals surface area contributed by atoms with Crippen molar-refractivity contribution in [3.8, 4) is 6.19 Å². The third-order valence-corrected chi connectivity index (χ3v) is 4.32. The Balaban J connectivity index is 2.12. The molecular weight excluding hydrogens is 344 g/mol. The van der Waals surface area contributed by atoms with E-state index in [-0.39, 0.29) is 0 Å². The van der Waals surface area contributed by atoms with E-state index < -0.39 is 5.97 Å². The Bertz CT molecular complexity index is 785. The molecule has 2 rings (SSSR count). The first-order valence-corrected chi connectivity index (χ1v) is 8.80. The van der Waals surface area contributed by atoms with E-state index in [0.29, 0.717) is 15.8 Å². The van der Waals surface area contributed by atoms with Crippen LogP contribution in [0.2, 0.25) is 0 Å². The van der Waals surface area contributed by atoms with E-state index in [9.17, 15) is 4.79 Å². The van der Waals surface area contributed by atoms with Gasteiger partial charge in [0.25, 0.3) is 0 Å². The Labute approximate surface area is 148 Å². The number of methoxy groups -OCH3 is 1. The van der Waals surface area contributed by atoms with Gasteiger partial charge in [0.15, 0.2) is 11.4 Å². The average Bonchev–Trinajstić information content (AvgIpc) is 2.62. The summed E-state index contributed by atoms with van der Waals surface area (Å²) in [6.07, 6.45) is 5.27. The highest BCUT2D eigenvalue weighted by molar-refractivity contribution is 8.13. The maximum Gasteiger partial charge on any atom is 0.337 e. The summed E-state index contributed by atoms with van der Waals surface area (Å²) in [5.74, 6) is -0.390. The van der Waals surface area contributed by atoms with Crippen LogP contribution in [0.1, 0.15) is 10.4 Å². The molecule has 8 heteroatoms. The fourth-order valence-electron chi connectivity index (χ4n) is 1.71. The van der Waals surface area contributed by atoms with Crippen molar-refractivity contribution in [2.45, 2.75) is 9.92 Å². The molecule has 1 N–H and O–H groups in total. The number of nitrogens with one attached hydrogen (secondary N) is 1. The topological polar surface area (TPSA) is 87.4 Å². The molecule has 2 aromatic rings. The summed E-state index contributed by atoms with van der Waals surface area (Å²) in [6.45, 7) is 0. The summed E-state index contributed by atoms with van der Waals surface area (Å²) in [4.78, 5) is 21.1. The lowest BCUT2D eigenvalue weighted by molar-refractivity contribution is 0.0600. The molecule has 0 saturated carbocycles. The summed E-state index contributed by atoms with van der Waals surface area (Å²) in [5, 5.41) is 12.4. The van der Waals surface area contributed by atoms with E-state index in [2.05, 4.69) is 15.3 Å². The number of nitriles is 1. The molecule has 0 aliphatic rings. The van der Waals surface area contributed by atoms with Gasteiger partial charge < -0.3 is 4.74 Å². The number of hydrogen-bond donors (Lipinski definition) is 1. The SMILES string of the molecule is COC(=O)c1ccnc(Sc2ccc(N=C(NC#N)SC)cc2)c1. The van der Waals surface area contributed by atoms with Gasteiger partial charge in [0, 0.05) is 11.1 Å². The molecule has 122 valence electrons. The van der Waals surface area contributed by atoms with Gasteiger partial charge in [-0.3, -0.25) is 5.32 Å². The maximum atomic E-state index is 11.5. The lowest BCUT2D eigenvalue weighted by Crippen LogP contribution is -2.12. The number of ether oxygens (including phenoxy) is 1. The number of hydrogen-bond acceptors (Lipinski definition) is 7. The Hall–Kier alpha value is -2.50. The van der Waals surface area contributed by atoms with Gasteiger partial charge in [-0.25, -0.2) is 14.8 Å². The average molecular weight is 358 g/mol. The lowest BCUT2D eigenvalue weighted by Gasteiger charge is -2.04. The molecule has 1 aromatic carbocycles. The summed E-state index contributed by atoms with van der Waals surface area (Å²) in [5.41, 5.74) is 1.20. The number of aliphatic imine (C=N–C) groups is 1. The van der Waals surface area contributed by atoms with Gasteiger partial charge in [0.05, 0.1) is 18.4 Å². The van der Waals surface area contributed by atoms with Gasteiger partial charge in [-0.1, -0.05) is 23.5 Å². The number of rotatable bonds is 4. The van der Waals surface area contributed by atoms with Crippen molar-refractivity contribution in [1.29, 1.82) is 5.26 Å². The predicted octanol–water partition coefficient (Wildman–Crippen LogP) is 3.44. The van der Waals surface area contributed by atoms with Gasteiger partial charge in [-0.15, -0.1) is 0 Å². The standard InChI is InChI=1S/C16H14N4O2S2/c1-22-15(21)11-7-8-18-14(9-11)24-13-5-3-12(4-6-13)20-16(23-2)19-10-17/h3-9H,1-2H3,(H,19,20). The van der Waals surface area contributed by atoms with Crippen LogP contribution < -0.4 is 5.32 Å². The number of esters is 1. The van der Waals surface area contributed by atoms with E-state index in [4.69, 9.17) is 10.00 Å². The first-order chi connectivity index (χ1) is 11.7. The third kappa shape index (κ3) is 5.01. The first-order valence-electron chi connectivity index (χ1n) is 6.76. The Morgan fingerprint density at radius 2 is 2.08 bits per heavy atom. The molecule has 0 spiro atoms. The maximum absolute atomic E-state index is 11.5. The van der Waals surface area contributed by atoms with Crippen LogP contribution in [0.15, 0.2) is 57.5 Å². The minimum absolute atomic E-state index is 0.390. The van der Waals surface area contributed by atoms with Crippen molar-refractivity contribution in [3.05, 3.63) is 48.2 Å². The largest absolute Gasteiger partial charge is 0.465 e. The molecule has 0 aliphatic heterocycles. The van der Waals surface area contributed by atoms with Gasteiger partial charge in [-0.05, 0) is 42.7 Å². The van der Waals surface area contributed by atoms with Crippen LogP contribution in [0.4, 0.5) is 5.69 Å². The number of benzene rings is 1. The third-order valence-electron chi connectivity index (χ3n) is 2.80. The fourth-order valence-corrected chi connectivity index (χ4v) is 2.87. The van der Waals surface area contributed by atoms with Crippen LogP contribution in [0.25, 0.3) is 0 Å². The number of amidine groups is 1. The summed E-state index contributed by atoms with van der Waals surface area (Å²) < 4.78 is 4.70. The number of carbonyl (C=O) groups excluding carboxylic acids is 1. The molecule has 0 atom stereocenters. The van der Waals surface area contributed by atoms with Crippen molar-refractivity contribution in [2.75, 3.05) is 13.4 Å². The van der Waals surface area contributed by atoms with Crippen molar-refractivity contribution >= 4 is 40.3 Å². The molecular formula is C16H14N4O2S2. The smallest absolute Gasteiger partial charge is 0.337 e. The van der Waals surface area contributed by atoms with Crippen LogP contribution in [0.3, 0.4) is 0 Å². The summed E-state index contributed by atoms with van der Waals surface area (Å²) >= 11 is 2.79. The Kier molecular flexibility index (Phi) is 6.66.